The molecule has 4 nitrogen and oxygen atoms in total. The number of aliphatic hydroxyl groups is 1. The lowest BCUT2D eigenvalue weighted by atomic mass is 9.77. The highest BCUT2D eigenvalue weighted by Crippen LogP contribution is 2.38. The van der Waals surface area contributed by atoms with Gasteiger partial charge in [0, 0.05) is 5.56 Å². The largest absolute Gasteiger partial charge is 0.492 e. The van der Waals surface area contributed by atoms with Gasteiger partial charge in [-0.05, 0) is 39.2 Å². The third-order valence-electron chi connectivity index (χ3n) is 3.93. The maximum absolute atomic E-state index is 13.7. The van der Waals surface area contributed by atoms with Crippen molar-refractivity contribution in [2.75, 3.05) is 6.61 Å². The van der Waals surface area contributed by atoms with E-state index >= 15 is 0 Å². The van der Waals surface area contributed by atoms with Gasteiger partial charge in [0.25, 0.3) is 0 Å². The topological polar surface area (TPSA) is 51.6 Å². The number of nitrogens with zero attached hydrogens (tertiary/aromatic N) is 1. The van der Waals surface area contributed by atoms with Crippen LogP contribution < -0.4 is 0 Å². The van der Waals surface area contributed by atoms with Gasteiger partial charge in [-0.25, -0.2) is 9.37 Å². The summed E-state index contributed by atoms with van der Waals surface area (Å²) in [7, 11) is -0.730. The molecule has 2 heterocycles. The SMILES string of the molecule is CC1(C)OB(C(=Cc2cc(Cl)ncc2F)CO)OC1(C)C. The van der Waals surface area contributed by atoms with Crippen molar-refractivity contribution >= 4 is 24.8 Å². The molecule has 1 aromatic heterocycles. The normalized spacial score (nSPS) is 20.9. The minimum atomic E-state index is -0.730. The average Bonchev–Trinajstić information content (AvgIpc) is 2.59. The number of aromatic nitrogens is 1. The summed E-state index contributed by atoms with van der Waals surface area (Å²) in [6.45, 7) is 7.33. The molecule has 1 aliphatic heterocycles. The highest BCUT2D eigenvalue weighted by atomic mass is 35.5. The zero-order valence-electron chi connectivity index (χ0n) is 12.5. The summed E-state index contributed by atoms with van der Waals surface area (Å²) in [4.78, 5) is 3.65. The van der Waals surface area contributed by atoms with Crippen molar-refractivity contribution in [1.29, 1.82) is 0 Å². The fourth-order valence-corrected chi connectivity index (χ4v) is 2.09. The summed E-state index contributed by atoms with van der Waals surface area (Å²) in [5.41, 5.74) is -0.399. The van der Waals surface area contributed by atoms with E-state index < -0.39 is 24.1 Å². The Morgan fingerprint density at radius 3 is 2.48 bits per heavy atom. The van der Waals surface area contributed by atoms with Crippen LogP contribution in [0, 0.1) is 5.82 Å². The molecule has 7 heteroatoms. The Hall–Kier alpha value is -0.945. The highest BCUT2D eigenvalue weighted by molar-refractivity contribution is 6.55. The summed E-state index contributed by atoms with van der Waals surface area (Å²) < 4.78 is 25.4. The molecule has 1 saturated heterocycles. The second-order valence-corrected chi connectivity index (χ2v) is 6.38. The molecule has 2 rings (SSSR count). The Labute approximate surface area is 129 Å². The van der Waals surface area contributed by atoms with Gasteiger partial charge in [-0.2, -0.15) is 0 Å². The van der Waals surface area contributed by atoms with Gasteiger partial charge in [-0.1, -0.05) is 17.7 Å². The van der Waals surface area contributed by atoms with E-state index in [-0.39, 0.29) is 17.3 Å². The first-order valence-electron chi connectivity index (χ1n) is 6.64. The van der Waals surface area contributed by atoms with Gasteiger partial charge < -0.3 is 14.4 Å². The van der Waals surface area contributed by atoms with Crippen LogP contribution in [0.5, 0.6) is 0 Å². The number of hydrogen-bond acceptors (Lipinski definition) is 4. The molecule has 0 atom stereocenters. The average molecular weight is 314 g/mol. The van der Waals surface area contributed by atoms with Crippen molar-refractivity contribution in [3.8, 4) is 0 Å². The van der Waals surface area contributed by atoms with E-state index in [1.54, 1.807) is 0 Å². The first kappa shape index (κ1) is 16.4. The molecular weight excluding hydrogens is 295 g/mol. The van der Waals surface area contributed by atoms with Gasteiger partial charge in [-0.15, -0.1) is 0 Å². The first-order valence-corrected chi connectivity index (χ1v) is 7.02. The standard InChI is InChI=1S/C14H18BClFNO3/c1-13(2)14(3,4)21-15(20-13)10(8-19)5-9-6-12(16)18-7-11(9)17/h5-7,19H,8H2,1-4H3. The minimum Gasteiger partial charge on any atom is -0.400 e. The third kappa shape index (κ3) is 3.29. The molecule has 0 unspecified atom stereocenters. The van der Waals surface area contributed by atoms with Gasteiger partial charge in [0.15, 0.2) is 0 Å². The van der Waals surface area contributed by atoms with E-state index in [2.05, 4.69) is 4.98 Å². The van der Waals surface area contributed by atoms with Gasteiger partial charge >= 0.3 is 7.12 Å². The van der Waals surface area contributed by atoms with Crippen LogP contribution >= 0.6 is 11.6 Å². The second-order valence-electron chi connectivity index (χ2n) is 5.99. The Morgan fingerprint density at radius 2 is 1.95 bits per heavy atom. The van der Waals surface area contributed by atoms with Crippen molar-refractivity contribution in [3.63, 3.8) is 0 Å². The maximum Gasteiger partial charge on any atom is 0.492 e. The first-order chi connectivity index (χ1) is 9.66. The van der Waals surface area contributed by atoms with Gasteiger partial charge in [0.1, 0.15) is 11.0 Å². The number of halogens is 2. The van der Waals surface area contributed by atoms with Crippen molar-refractivity contribution in [1.82, 2.24) is 4.98 Å². The number of aliphatic hydroxyl groups excluding tert-OH is 1. The van der Waals surface area contributed by atoms with E-state index in [0.717, 1.165) is 6.20 Å². The van der Waals surface area contributed by atoms with E-state index in [0.29, 0.717) is 5.47 Å². The third-order valence-corrected chi connectivity index (χ3v) is 4.14. The predicted molar refractivity (Wildman–Crippen MR) is 80.3 cm³/mol. The number of rotatable bonds is 3. The van der Waals surface area contributed by atoms with Crippen LogP contribution in [0.25, 0.3) is 6.08 Å². The molecular formula is C14H18BClFNO3. The number of hydrogen-bond donors (Lipinski definition) is 1. The smallest absolute Gasteiger partial charge is 0.400 e. The van der Waals surface area contributed by atoms with E-state index in [1.807, 2.05) is 27.7 Å². The van der Waals surface area contributed by atoms with Crippen LogP contribution in [0.15, 0.2) is 17.7 Å². The monoisotopic (exact) mass is 313 g/mol. The Balaban J connectivity index is 2.33. The molecule has 21 heavy (non-hydrogen) atoms. The minimum absolute atomic E-state index is 0.175. The molecule has 0 saturated carbocycles. The summed E-state index contributed by atoms with van der Waals surface area (Å²) in [5, 5.41) is 9.72. The molecule has 0 radical (unpaired) electrons. The van der Waals surface area contributed by atoms with Crippen molar-refractivity contribution in [2.45, 2.75) is 38.9 Å². The quantitative estimate of drug-likeness (QED) is 0.688. The summed E-state index contributed by atoms with van der Waals surface area (Å²) in [6.07, 6.45) is 2.51. The molecule has 1 fully saturated rings. The molecule has 0 amide bonds. The lowest BCUT2D eigenvalue weighted by molar-refractivity contribution is 0.00578. The summed E-state index contributed by atoms with van der Waals surface area (Å²) in [5.74, 6) is -0.526. The maximum atomic E-state index is 13.7. The number of pyridine rings is 1. The summed E-state index contributed by atoms with van der Waals surface area (Å²) >= 11 is 5.76. The van der Waals surface area contributed by atoms with Gasteiger partial charge in [-0.3, -0.25) is 0 Å². The molecule has 0 bridgehead atoms. The molecule has 114 valence electrons. The van der Waals surface area contributed by atoms with Crippen LogP contribution in [0.1, 0.15) is 33.3 Å². The molecule has 1 aromatic rings. The predicted octanol–water partition coefficient (Wildman–Crippen LogP) is 2.88. The Kier molecular flexibility index (Phi) is 4.45. The fraction of sp³-hybridized carbons (Fsp3) is 0.500. The lowest BCUT2D eigenvalue weighted by Crippen LogP contribution is -2.41. The van der Waals surface area contributed by atoms with E-state index in [9.17, 15) is 9.50 Å². The summed E-state index contributed by atoms with van der Waals surface area (Å²) in [6, 6.07) is 1.39. The Bertz CT molecular complexity index is 561. The molecule has 0 aliphatic carbocycles. The van der Waals surface area contributed by atoms with Crippen LogP contribution in [0.4, 0.5) is 4.39 Å². The van der Waals surface area contributed by atoms with Crippen LogP contribution in [-0.4, -0.2) is 35.0 Å². The van der Waals surface area contributed by atoms with Crippen molar-refractivity contribution < 1.29 is 18.8 Å². The van der Waals surface area contributed by atoms with Crippen LogP contribution in [0.3, 0.4) is 0 Å². The zero-order chi connectivity index (χ0) is 15.8. The molecule has 0 aromatic carbocycles. The molecule has 0 spiro atoms. The van der Waals surface area contributed by atoms with Crippen LogP contribution in [0.2, 0.25) is 5.15 Å². The van der Waals surface area contributed by atoms with Gasteiger partial charge in [0.2, 0.25) is 0 Å². The van der Waals surface area contributed by atoms with Crippen LogP contribution in [-0.2, 0) is 9.31 Å². The lowest BCUT2D eigenvalue weighted by Gasteiger charge is -2.32. The van der Waals surface area contributed by atoms with Crippen molar-refractivity contribution in [3.05, 3.63) is 34.3 Å². The molecule has 1 aliphatic rings. The highest BCUT2D eigenvalue weighted by Gasteiger charge is 2.52. The van der Waals surface area contributed by atoms with Gasteiger partial charge in [0.05, 0.1) is 24.0 Å². The van der Waals surface area contributed by atoms with E-state index in [4.69, 9.17) is 20.9 Å². The van der Waals surface area contributed by atoms with Crippen molar-refractivity contribution in [2.24, 2.45) is 0 Å². The molecule has 1 N–H and O–H groups in total. The fourth-order valence-electron chi connectivity index (χ4n) is 1.92. The van der Waals surface area contributed by atoms with E-state index in [1.165, 1.54) is 12.1 Å². The second kappa shape index (κ2) is 5.68. The Morgan fingerprint density at radius 1 is 1.38 bits per heavy atom. The zero-order valence-corrected chi connectivity index (χ0v) is 13.2.